The number of rotatable bonds is 10. The zero-order valence-electron chi connectivity index (χ0n) is 10.3. The lowest BCUT2D eigenvalue weighted by molar-refractivity contribution is 0.0676. The van der Waals surface area contributed by atoms with Crippen LogP contribution in [-0.4, -0.2) is 47.8 Å². The minimum absolute atomic E-state index is 0.645. The highest BCUT2D eigenvalue weighted by Gasteiger charge is 2.00. The molecule has 1 aromatic rings. The normalized spacial score (nSPS) is 10.9. The fourth-order valence-corrected chi connectivity index (χ4v) is 1.52. The Bertz CT molecular complexity index is 294. The number of halogens is 1. The number of aromatic nitrogens is 3. The molecule has 0 aliphatic heterocycles. The molecule has 0 aromatic carbocycles. The SMILES string of the molecule is COCCOCCCn1cc(CCCCl)nn1. The molecule has 0 bridgehead atoms. The van der Waals surface area contributed by atoms with Gasteiger partial charge in [0.1, 0.15) is 0 Å². The van der Waals surface area contributed by atoms with Crippen molar-refractivity contribution >= 4 is 11.6 Å². The molecule has 0 fully saturated rings. The van der Waals surface area contributed by atoms with Gasteiger partial charge in [-0.1, -0.05) is 5.21 Å². The highest BCUT2D eigenvalue weighted by Crippen LogP contribution is 2.00. The number of aryl methyl sites for hydroxylation is 2. The van der Waals surface area contributed by atoms with Crippen LogP contribution in [0.3, 0.4) is 0 Å². The van der Waals surface area contributed by atoms with Crippen molar-refractivity contribution in [1.29, 1.82) is 0 Å². The monoisotopic (exact) mass is 261 g/mol. The van der Waals surface area contributed by atoms with Gasteiger partial charge < -0.3 is 9.47 Å². The lowest BCUT2D eigenvalue weighted by Crippen LogP contribution is -2.06. The maximum atomic E-state index is 5.62. The van der Waals surface area contributed by atoms with Crippen LogP contribution < -0.4 is 0 Å². The molecule has 0 saturated carbocycles. The van der Waals surface area contributed by atoms with Gasteiger partial charge >= 0.3 is 0 Å². The topological polar surface area (TPSA) is 49.2 Å². The minimum Gasteiger partial charge on any atom is -0.382 e. The van der Waals surface area contributed by atoms with Crippen molar-refractivity contribution in [2.24, 2.45) is 0 Å². The molecule has 0 saturated heterocycles. The Morgan fingerprint density at radius 3 is 2.94 bits per heavy atom. The molecule has 0 atom stereocenters. The Labute approximate surface area is 107 Å². The van der Waals surface area contributed by atoms with Gasteiger partial charge in [-0.15, -0.1) is 16.7 Å². The predicted molar refractivity (Wildman–Crippen MR) is 66.4 cm³/mol. The second-order valence-corrected chi connectivity index (χ2v) is 4.10. The molecule has 1 heterocycles. The van der Waals surface area contributed by atoms with Crippen LogP contribution in [0, 0.1) is 0 Å². The molecule has 98 valence electrons. The van der Waals surface area contributed by atoms with E-state index in [1.54, 1.807) is 7.11 Å². The first-order valence-corrected chi connectivity index (χ1v) is 6.42. The Morgan fingerprint density at radius 1 is 1.29 bits per heavy atom. The second kappa shape index (κ2) is 9.39. The van der Waals surface area contributed by atoms with Gasteiger partial charge in [0.25, 0.3) is 0 Å². The van der Waals surface area contributed by atoms with E-state index in [0.717, 1.165) is 38.1 Å². The van der Waals surface area contributed by atoms with Crippen molar-refractivity contribution in [3.8, 4) is 0 Å². The maximum absolute atomic E-state index is 5.62. The second-order valence-electron chi connectivity index (χ2n) is 3.72. The van der Waals surface area contributed by atoms with Gasteiger partial charge in [-0.05, 0) is 19.3 Å². The van der Waals surface area contributed by atoms with E-state index in [1.807, 2.05) is 10.9 Å². The van der Waals surface area contributed by atoms with Crippen molar-refractivity contribution in [2.75, 3.05) is 32.8 Å². The van der Waals surface area contributed by atoms with Crippen LogP contribution in [0.4, 0.5) is 0 Å². The molecular weight excluding hydrogens is 242 g/mol. The van der Waals surface area contributed by atoms with Crippen molar-refractivity contribution in [3.63, 3.8) is 0 Å². The third-order valence-electron chi connectivity index (χ3n) is 2.26. The van der Waals surface area contributed by atoms with Gasteiger partial charge in [-0.3, -0.25) is 4.68 Å². The molecule has 6 heteroatoms. The Kier molecular flexibility index (Phi) is 7.96. The number of hydrogen-bond donors (Lipinski definition) is 0. The van der Waals surface area contributed by atoms with Crippen molar-refractivity contribution in [3.05, 3.63) is 11.9 Å². The standard InChI is InChI=1S/C11H20ClN3O2/c1-16-8-9-17-7-3-6-15-10-11(13-14-15)4-2-5-12/h10H,2-9H2,1H3. The van der Waals surface area contributed by atoms with E-state index >= 15 is 0 Å². The highest BCUT2D eigenvalue weighted by molar-refractivity contribution is 6.17. The lowest BCUT2D eigenvalue weighted by Gasteiger charge is -2.02. The number of ether oxygens (including phenoxy) is 2. The van der Waals surface area contributed by atoms with E-state index in [1.165, 1.54) is 0 Å². The molecule has 0 aliphatic rings. The van der Waals surface area contributed by atoms with Crippen LogP contribution in [0.5, 0.6) is 0 Å². The zero-order chi connectivity index (χ0) is 12.3. The first-order chi connectivity index (χ1) is 8.36. The average Bonchev–Trinajstić information content (AvgIpc) is 2.79. The van der Waals surface area contributed by atoms with Crippen molar-refractivity contribution in [2.45, 2.75) is 25.8 Å². The smallest absolute Gasteiger partial charge is 0.0827 e. The summed E-state index contributed by atoms with van der Waals surface area (Å²) in [7, 11) is 1.67. The Hall–Kier alpha value is -0.650. The zero-order valence-corrected chi connectivity index (χ0v) is 11.0. The van der Waals surface area contributed by atoms with Gasteiger partial charge in [0, 0.05) is 32.3 Å². The van der Waals surface area contributed by atoms with E-state index in [-0.39, 0.29) is 0 Å². The minimum atomic E-state index is 0.645. The predicted octanol–water partition coefficient (Wildman–Crippen LogP) is 1.50. The lowest BCUT2D eigenvalue weighted by atomic mass is 10.3. The Morgan fingerprint density at radius 2 is 2.18 bits per heavy atom. The number of hydrogen-bond acceptors (Lipinski definition) is 4. The summed E-state index contributed by atoms with van der Waals surface area (Å²) in [6, 6.07) is 0. The Balaban J connectivity index is 2.08. The molecule has 0 radical (unpaired) electrons. The van der Waals surface area contributed by atoms with Gasteiger partial charge in [0.2, 0.25) is 0 Å². The summed E-state index contributed by atoms with van der Waals surface area (Å²) in [4.78, 5) is 0. The molecule has 1 aromatic heterocycles. The molecule has 1 rings (SSSR count). The van der Waals surface area contributed by atoms with Crippen LogP contribution in [-0.2, 0) is 22.4 Å². The summed E-state index contributed by atoms with van der Waals surface area (Å²) in [5.41, 5.74) is 1.01. The van der Waals surface area contributed by atoms with Crippen LogP contribution in [0.1, 0.15) is 18.5 Å². The molecule has 0 amide bonds. The first kappa shape index (κ1) is 14.4. The number of methoxy groups -OCH3 is 1. The molecule has 0 spiro atoms. The van der Waals surface area contributed by atoms with Crippen LogP contribution in [0.15, 0.2) is 6.20 Å². The van der Waals surface area contributed by atoms with Gasteiger partial charge in [-0.2, -0.15) is 0 Å². The van der Waals surface area contributed by atoms with E-state index < -0.39 is 0 Å². The van der Waals surface area contributed by atoms with Gasteiger partial charge in [0.05, 0.1) is 18.9 Å². The molecular formula is C11H20ClN3O2. The molecule has 5 nitrogen and oxygen atoms in total. The largest absolute Gasteiger partial charge is 0.382 e. The fourth-order valence-electron chi connectivity index (χ4n) is 1.38. The van der Waals surface area contributed by atoms with Crippen LogP contribution in [0.25, 0.3) is 0 Å². The van der Waals surface area contributed by atoms with Gasteiger partial charge in [-0.25, -0.2) is 0 Å². The summed E-state index contributed by atoms with van der Waals surface area (Å²) < 4.78 is 12.1. The van der Waals surface area contributed by atoms with E-state index in [0.29, 0.717) is 19.1 Å². The molecule has 0 unspecified atom stereocenters. The summed E-state index contributed by atoms with van der Waals surface area (Å²) in [6.45, 7) is 2.85. The van der Waals surface area contributed by atoms with E-state index in [9.17, 15) is 0 Å². The third kappa shape index (κ3) is 6.61. The molecule has 0 aliphatic carbocycles. The van der Waals surface area contributed by atoms with E-state index in [4.69, 9.17) is 21.1 Å². The summed E-state index contributed by atoms with van der Waals surface area (Å²) in [6.07, 6.45) is 4.75. The summed E-state index contributed by atoms with van der Waals surface area (Å²) in [5, 5.41) is 8.12. The highest BCUT2D eigenvalue weighted by atomic mass is 35.5. The first-order valence-electron chi connectivity index (χ1n) is 5.88. The van der Waals surface area contributed by atoms with Gasteiger partial charge in [0.15, 0.2) is 0 Å². The van der Waals surface area contributed by atoms with Crippen molar-refractivity contribution < 1.29 is 9.47 Å². The maximum Gasteiger partial charge on any atom is 0.0827 e. The number of alkyl halides is 1. The molecule has 17 heavy (non-hydrogen) atoms. The van der Waals surface area contributed by atoms with Crippen LogP contribution >= 0.6 is 11.6 Å². The van der Waals surface area contributed by atoms with Crippen LogP contribution in [0.2, 0.25) is 0 Å². The molecule has 0 N–H and O–H groups in total. The summed E-state index contributed by atoms with van der Waals surface area (Å²) >= 11 is 5.62. The quantitative estimate of drug-likeness (QED) is 0.473. The van der Waals surface area contributed by atoms with E-state index in [2.05, 4.69) is 10.3 Å². The average molecular weight is 262 g/mol. The number of nitrogens with zero attached hydrogens (tertiary/aromatic N) is 3. The summed E-state index contributed by atoms with van der Waals surface area (Å²) in [5.74, 6) is 0.667. The fraction of sp³-hybridized carbons (Fsp3) is 0.818. The third-order valence-corrected chi connectivity index (χ3v) is 2.53. The van der Waals surface area contributed by atoms with Crippen molar-refractivity contribution in [1.82, 2.24) is 15.0 Å².